The van der Waals surface area contributed by atoms with Crippen molar-refractivity contribution in [3.05, 3.63) is 29.3 Å². The molecule has 0 saturated heterocycles. The minimum absolute atomic E-state index is 0.197. The van der Waals surface area contributed by atoms with E-state index >= 15 is 0 Å². The highest BCUT2D eigenvalue weighted by atomic mass is 32.2. The first kappa shape index (κ1) is 11.2. The summed E-state index contributed by atoms with van der Waals surface area (Å²) in [6.07, 6.45) is 0. The van der Waals surface area contributed by atoms with E-state index in [1.54, 1.807) is 0 Å². The Morgan fingerprint density at radius 3 is 3.00 bits per heavy atom. The van der Waals surface area contributed by atoms with Gasteiger partial charge in [0, 0.05) is 0 Å². The Bertz CT molecular complexity index is 679. The first-order valence-corrected chi connectivity index (χ1v) is 6.27. The lowest BCUT2D eigenvalue weighted by atomic mass is 10.2. The number of carbonyl (C=O) groups excluding carboxylic acids is 1. The Labute approximate surface area is 106 Å². The molecule has 0 saturated carbocycles. The molecule has 2 heterocycles. The number of hydrogen-bond donors (Lipinski definition) is 2. The number of thioether (sulfide) groups is 1. The van der Waals surface area contributed by atoms with Gasteiger partial charge in [-0.05, 0) is 24.6 Å². The number of nitrogens with zero attached hydrogens (tertiary/aromatic N) is 2. The lowest BCUT2D eigenvalue weighted by Gasteiger charge is -2.08. The monoisotopic (exact) mass is 264 g/mol. The second kappa shape index (κ2) is 4.09. The minimum atomic E-state index is -0.361. The van der Waals surface area contributed by atoms with Crippen molar-refractivity contribution in [2.75, 3.05) is 5.75 Å². The number of fused-ring (bicyclic) bond motifs is 1. The number of aromatic nitrogens is 2. The van der Waals surface area contributed by atoms with E-state index < -0.39 is 0 Å². The van der Waals surface area contributed by atoms with Crippen LogP contribution < -0.4 is 5.43 Å². The van der Waals surface area contributed by atoms with Crippen LogP contribution in [0, 0.1) is 12.7 Å². The molecule has 3 rings (SSSR count). The molecule has 2 aromatic rings. The number of imidazole rings is 1. The van der Waals surface area contributed by atoms with Crippen molar-refractivity contribution < 1.29 is 9.18 Å². The third-order valence-electron chi connectivity index (χ3n) is 2.58. The van der Waals surface area contributed by atoms with Crippen molar-refractivity contribution >= 4 is 33.7 Å². The van der Waals surface area contributed by atoms with E-state index in [1.807, 2.05) is 13.0 Å². The van der Waals surface area contributed by atoms with Crippen molar-refractivity contribution in [2.24, 2.45) is 5.10 Å². The molecule has 1 aliphatic rings. The number of aromatic amines is 1. The number of amides is 1. The van der Waals surface area contributed by atoms with Crippen LogP contribution in [0.2, 0.25) is 0 Å². The summed E-state index contributed by atoms with van der Waals surface area (Å²) >= 11 is 1.10. The molecule has 0 unspecified atom stereocenters. The van der Waals surface area contributed by atoms with Gasteiger partial charge in [0.25, 0.3) is 5.24 Å². The van der Waals surface area contributed by atoms with Gasteiger partial charge in [-0.2, -0.15) is 5.10 Å². The maximum Gasteiger partial charge on any atom is 0.299 e. The number of hydrazone groups is 1. The lowest BCUT2D eigenvalue weighted by molar-refractivity contribution is 0.261. The van der Waals surface area contributed by atoms with E-state index in [4.69, 9.17) is 0 Å². The van der Waals surface area contributed by atoms with Crippen molar-refractivity contribution in [2.45, 2.75) is 6.92 Å². The molecule has 1 amide bonds. The van der Waals surface area contributed by atoms with Crippen LogP contribution in [0.4, 0.5) is 9.18 Å². The van der Waals surface area contributed by atoms with E-state index in [0.29, 0.717) is 28.3 Å². The molecular weight excluding hydrogens is 255 g/mol. The van der Waals surface area contributed by atoms with E-state index in [2.05, 4.69) is 20.5 Å². The third kappa shape index (κ3) is 1.86. The van der Waals surface area contributed by atoms with Crippen LogP contribution in [0.25, 0.3) is 11.0 Å². The highest BCUT2D eigenvalue weighted by Gasteiger charge is 2.18. The molecule has 1 aromatic carbocycles. The molecule has 0 spiro atoms. The van der Waals surface area contributed by atoms with Crippen LogP contribution in [0.1, 0.15) is 11.4 Å². The molecule has 2 N–H and O–H groups in total. The number of hydrogen-bond acceptors (Lipinski definition) is 4. The smallest absolute Gasteiger partial charge is 0.299 e. The van der Waals surface area contributed by atoms with Crippen LogP contribution >= 0.6 is 11.8 Å². The number of rotatable bonds is 1. The topological polar surface area (TPSA) is 70.1 Å². The second-order valence-corrected chi connectivity index (χ2v) is 4.92. The quantitative estimate of drug-likeness (QED) is 0.829. The number of halogens is 1. The molecular formula is C11H9FN4OS. The van der Waals surface area contributed by atoms with Crippen molar-refractivity contribution in [3.63, 3.8) is 0 Å². The Morgan fingerprint density at radius 2 is 2.28 bits per heavy atom. The second-order valence-electron chi connectivity index (χ2n) is 3.97. The number of H-pyrrole nitrogens is 1. The molecule has 92 valence electrons. The van der Waals surface area contributed by atoms with Crippen molar-refractivity contribution in [3.8, 4) is 0 Å². The summed E-state index contributed by atoms with van der Waals surface area (Å²) in [7, 11) is 0. The molecule has 0 bridgehead atoms. The van der Waals surface area contributed by atoms with Gasteiger partial charge < -0.3 is 4.98 Å². The third-order valence-corrected chi connectivity index (χ3v) is 3.35. The first-order valence-electron chi connectivity index (χ1n) is 5.29. The van der Waals surface area contributed by atoms with Gasteiger partial charge in [-0.3, -0.25) is 4.79 Å². The average molecular weight is 264 g/mol. The summed E-state index contributed by atoms with van der Waals surface area (Å²) in [4.78, 5) is 18.2. The van der Waals surface area contributed by atoms with Gasteiger partial charge in [0.2, 0.25) is 0 Å². The molecule has 0 atom stereocenters. The summed E-state index contributed by atoms with van der Waals surface area (Å²) in [5.41, 5.74) is 4.71. The fourth-order valence-electron chi connectivity index (χ4n) is 1.78. The number of benzene rings is 1. The fraction of sp³-hybridized carbons (Fsp3) is 0.182. The predicted molar refractivity (Wildman–Crippen MR) is 68.3 cm³/mol. The molecule has 18 heavy (non-hydrogen) atoms. The van der Waals surface area contributed by atoms with Crippen LogP contribution in [0.15, 0.2) is 17.2 Å². The SMILES string of the molecule is Cc1cc(F)c2nc(C3=NNC(=O)SC3)[nH]c2c1. The summed E-state index contributed by atoms with van der Waals surface area (Å²) < 4.78 is 13.7. The predicted octanol–water partition coefficient (Wildman–Crippen LogP) is 2.17. The van der Waals surface area contributed by atoms with E-state index in [9.17, 15) is 9.18 Å². The number of carbonyl (C=O) groups is 1. The van der Waals surface area contributed by atoms with Crippen LogP contribution in [-0.2, 0) is 0 Å². The molecule has 1 aliphatic heterocycles. The highest BCUT2D eigenvalue weighted by molar-refractivity contribution is 8.14. The molecule has 5 nitrogen and oxygen atoms in total. The van der Waals surface area contributed by atoms with Gasteiger partial charge in [0.1, 0.15) is 11.2 Å². The van der Waals surface area contributed by atoms with E-state index in [0.717, 1.165) is 17.3 Å². The zero-order valence-electron chi connectivity index (χ0n) is 9.45. The molecule has 1 aromatic heterocycles. The lowest BCUT2D eigenvalue weighted by Crippen LogP contribution is -2.24. The molecule has 7 heteroatoms. The van der Waals surface area contributed by atoms with Gasteiger partial charge in [-0.25, -0.2) is 14.8 Å². The number of aryl methyl sites for hydroxylation is 1. The maximum absolute atomic E-state index is 13.7. The fourth-order valence-corrected chi connectivity index (χ4v) is 2.36. The van der Waals surface area contributed by atoms with Gasteiger partial charge in [-0.15, -0.1) is 0 Å². The standard InChI is InChI=1S/C11H9FN4OS/c1-5-2-6(12)9-7(3-5)13-10(14-9)8-4-18-11(17)16-15-8/h2-3H,4H2,1H3,(H,13,14)(H,16,17). The van der Waals surface area contributed by atoms with Gasteiger partial charge >= 0.3 is 0 Å². The molecule has 0 aliphatic carbocycles. The summed E-state index contributed by atoms with van der Waals surface area (Å²) in [5.74, 6) is 0.550. The zero-order chi connectivity index (χ0) is 12.7. The highest BCUT2D eigenvalue weighted by Crippen LogP contribution is 2.19. The Morgan fingerprint density at radius 1 is 1.44 bits per heavy atom. The Balaban J connectivity index is 2.09. The van der Waals surface area contributed by atoms with Gasteiger partial charge in [0.05, 0.1) is 11.3 Å². The van der Waals surface area contributed by atoms with Crippen LogP contribution in [0.3, 0.4) is 0 Å². The van der Waals surface area contributed by atoms with E-state index in [-0.39, 0.29) is 11.1 Å². The summed E-state index contributed by atoms with van der Waals surface area (Å²) in [6, 6.07) is 3.26. The average Bonchev–Trinajstić information content (AvgIpc) is 2.74. The largest absolute Gasteiger partial charge is 0.337 e. The molecule has 0 radical (unpaired) electrons. The first-order chi connectivity index (χ1) is 8.63. The van der Waals surface area contributed by atoms with Crippen LogP contribution in [0.5, 0.6) is 0 Å². The maximum atomic E-state index is 13.7. The zero-order valence-corrected chi connectivity index (χ0v) is 10.3. The summed E-state index contributed by atoms with van der Waals surface area (Å²) in [6.45, 7) is 1.82. The number of nitrogens with one attached hydrogen (secondary N) is 2. The summed E-state index contributed by atoms with van der Waals surface area (Å²) in [5, 5.41) is 3.71. The Kier molecular flexibility index (Phi) is 2.55. The van der Waals surface area contributed by atoms with Gasteiger partial charge in [0.15, 0.2) is 11.6 Å². The Hall–Kier alpha value is -1.89. The van der Waals surface area contributed by atoms with Crippen molar-refractivity contribution in [1.82, 2.24) is 15.4 Å². The molecule has 0 fully saturated rings. The minimum Gasteiger partial charge on any atom is -0.337 e. The van der Waals surface area contributed by atoms with E-state index in [1.165, 1.54) is 6.07 Å². The van der Waals surface area contributed by atoms with Gasteiger partial charge in [-0.1, -0.05) is 11.8 Å². The van der Waals surface area contributed by atoms with Crippen molar-refractivity contribution in [1.29, 1.82) is 0 Å². The normalized spacial score (nSPS) is 15.7. The van der Waals surface area contributed by atoms with Crippen LogP contribution in [-0.4, -0.2) is 26.7 Å².